The van der Waals surface area contributed by atoms with E-state index in [1.807, 2.05) is 27.7 Å². The predicted molar refractivity (Wildman–Crippen MR) is 83.7 cm³/mol. The predicted octanol–water partition coefficient (Wildman–Crippen LogP) is 4.44. The minimum Gasteiger partial charge on any atom is -0.459 e. The lowest BCUT2D eigenvalue weighted by Crippen LogP contribution is -2.43. The van der Waals surface area contributed by atoms with Gasteiger partial charge in [0.05, 0.1) is 12.0 Å². The summed E-state index contributed by atoms with van der Waals surface area (Å²) in [6.07, 6.45) is 1.61. The molecule has 0 aliphatic rings. The van der Waals surface area contributed by atoms with Crippen molar-refractivity contribution < 1.29 is 14.3 Å². The van der Waals surface area contributed by atoms with Gasteiger partial charge in [-0.15, -0.1) is 0 Å². The minimum atomic E-state index is -0.522. The Morgan fingerprint density at radius 3 is 1.75 bits per heavy atom. The molecule has 0 saturated heterocycles. The average Bonchev–Trinajstić information content (AvgIpc) is 2.21. The van der Waals surface area contributed by atoms with E-state index in [1.54, 1.807) is 0 Å². The molecular weight excluding hydrogens is 252 g/mol. The zero-order valence-corrected chi connectivity index (χ0v) is 14.7. The Morgan fingerprint density at radius 2 is 1.45 bits per heavy atom. The molecule has 0 aliphatic heterocycles. The van der Waals surface area contributed by atoms with Crippen molar-refractivity contribution in [3.63, 3.8) is 0 Å². The Kier molecular flexibility index (Phi) is 7.79. The molecule has 0 aromatic carbocycles. The second-order valence-electron chi connectivity index (χ2n) is 7.62. The van der Waals surface area contributed by atoms with Crippen LogP contribution in [0, 0.1) is 17.3 Å². The van der Waals surface area contributed by atoms with Crippen LogP contribution in [0.4, 0.5) is 0 Å². The first-order valence-corrected chi connectivity index (χ1v) is 7.83. The lowest BCUT2D eigenvalue weighted by molar-refractivity contribution is -0.174. The van der Waals surface area contributed by atoms with Gasteiger partial charge in [-0.25, -0.2) is 0 Å². The molecule has 120 valence electrons. The summed E-state index contributed by atoms with van der Waals surface area (Å²) in [4.78, 5) is 12.8. The van der Waals surface area contributed by atoms with Crippen molar-refractivity contribution in [2.75, 3.05) is 13.2 Å². The van der Waals surface area contributed by atoms with Crippen molar-refractivity contribution in [2.45, 2.75) is 73.8 Å². The summed E-state index contributed by atoms with van der Waals surface area (Å²) < 4.78 is 11.3. The highest BCUT2D eigenvalue weighted by Gasteiger charge is 2.42. The molecule has 0 amide bonds. The smallest absolute Gasteiger partial charge is 0.314 e. The molecule has 0 heterocycles. The molecule has 0 saturated carbocycles. The van der Waals surface area contributed by atoms with Gasteiger partial charge in [-0.3, -0.25) is 4.79 Å². The van der Waals surface area contributed by atoms with Crippen LogP contribution in [0.5, 0.6) is 0 Å². The monoisotopic (exact) mass is 286 g/mol. The standard InChI is InChI=1S/C17H34O3/c1-9-19-12-17(10-13(2)3,11-14(4)5)15(18)20-16(6,7)8/h13-14H,9-12H2,1-8H3. The van der Waals surface area contributed by atoms with Crippen LogP contribution < -0.4 is 0 Å². The fourth-order valence-electron chi connectivity index (χ4n) is 2.67. The molecule has 0 unspecified atom stereocenters. The summed E-state index contributed by atoms with van der Waals surface area (Å²) in [5.74, 6) is 0.754. The van der Waals surface area contributed by atoms with Crippen LogP contribution in [0.3, 0.4) is 0 Å². The normalized spacial score (nSPS) is 13.1. The van der Waals surface area contributed by atoms with Crippen LogP contribution in [0.25, 0.3) is 0 Å². The summed E-state index contributed by atoms with van der Waals surface area (Å²) in [7, 11) is 0. The molecule has 0 aromatic heterocycles. The topological polar surface area (TPSA) is 35.5 Å². The van der Waals surface area contributed by atoms with Crippen LogP contribution in [-0.2, 0) is 14.3 Å². The van der Waals surface area contributed by atoms with Crippen molar-refractivity contribution in [3.05, 3.63) is 0 Å². The first-order valence-electron chi connectivity index (χ1n) is 7.83. The Morgan fingerprint density at radius 1 is 1.00 bits per heavy atom. The number of hydrogen-bond donors (Lipinski definition) is 0. The third-order valence-electron chi connectivity index (χ3n) is 3.01. The Hall–Kier alpha value is -0.570. The summed E-state index contributed by atoms with van der Waals surface area (Å²) in [5, 5.41) is 0. The lowest BCUT2D eigenvalue weighted by Gasteiger charge is -2.36. The van der Waals surface area contributed by atoms with Crippen LogP contribution >= 0.6 is 0 Å². The van der Waals surface area contributed by atoms with E-state index in [4.69, 9.17) is 9.47 Å². The lowest BCUT2D eigenvalue weighted by atomic mass is 9.74. The van der Waals surface area contributed by atoms with Crippen LogP contribution in [0.15, 0.2) is 0 Å². The zero-order chi connectivity index (χ0) is 16.0. The fraction of sp³-hybridized carbons (Fsp3) is 0.941. The number of carbonyl (C=O) groups is 1. The second kappa shape index (κ2) is 8.02. The molecule has 0 bridgehead atoms. The van der Waals surface area contributed by atoms with Gasteiger partial charge in [-0.2, -0.15) is 0 Å². The van der Waals surface area contributed by atoms with Crippen LogP contribution in [0.2, 0.25) is 0 Å². The van der Waals surface area contributed by atoms with Gasteiger partial charge >= 0.3 is 5.97 Å². The van der Waals surface area contributed by atoms with Gasteiger partial charge < -0.3 is 9.47 Å². The molecule has 0 fully saturated rings. The summed E-state index contributed by atoms with van der Waals surface area (Å²) in [5.41, 5.74) is -0.978. The highest BCUT2D eigenvalue weighted by molar-refractivity contribution is 5.77. The molecule has 3 heteroatoms. The maximum Gasteiger partial charge on any atom is 0.314 e. The zero-order valence-electron chi connectivity index (χ0n) is 14.7. The SMILES string of the molecule is CCOCC(CC(C)C)(CC(C)C)C(=O)OC(C)(C)C. The van der Waals surface area contributed by atoms with Gasteiger partial charge in [0.2, 0.25) is 0 Å². The van der Waals surface area contributed by atoms with E-state index >= 15 is 0 Å². The summed E-state index contributed by atoms with van der Waals surface area (Å²) >= 11 is 0. The average molecular weight is 286 g/mol. The number of carbonyl (C=O) groups excluding carboxylic acids is 1. The minimum absolute atomic E-state index is 0.110. The van der Waals surface area contributed by atoms with Gasteiger partial charge in [0.15, 0.2) is 0 Å². The third-order valence-corrected chi connectivity index (χ3v) is 3.01. The van der Waals surface area contributed by atoms with Gasteiger partial charge in [0.25, 0.3) is 0 Å². The molecule has 0 aliphatic carbocycles. The van der Waals surface area contributed by atoms with Gasteiger partial charge in [0.1, 0.15) is 5.60 Å². The van der Waals surface area contributed by atoms with E-state index in [1.165, 1.54) is 0 Å². The van der Waals surface area contributed by atoms with Gasteiger partial charge in [-0.05, 0) is 52.4 Å². The molecular formula is C17H34O3. The maximum atomic E-state index is 12.8. The summed E-state index contributed by atoms with van der Waals surface area (Å²) in [6.45, 7) is 17.4. The van der Waals surface area contributed by atoms with Crippen LogP contribution in [-0.4, -0.2) is 24.8 Å². The number of esters is 1. The van der Waals surface area contributed by atoms with Gasteiger partial charge in [-0.1, -0.05) is 27.7 Å². The van der Waals surface area contributed by atoms with E-state index < -0.39 is 11.0 Å². The number of ether oxygens (including phenoxy) is 2. The quantitative estimate of drug-likeness (QED) is 0.619. The van der Waals surface area contributed by atoms with Crippen molar-refractivity contribution in [3.8, 4) is 0 Å². The molecule has 0 radical (unpaired) electrons. The molecule has 0 aromatic rings. The van der Waals surface area contributed by atoms with Crippen molar-refractivity contribution in [1.29, 1.82) is 0 Å². The van der Waals surface area contributed by atoms with Crippen LogP contribution in [0.1, 0.15) is 68.2 Å². The van der Waals surface area contributed by atoms with E-state index in [9.17, 15) is 4.79 Å². The van der Waals surface area contributed by atoms with Crippen molar-refractivity contribution in [2.24, 2.45) is 17.3 Å². The molecule has 0 spiro atoms. The Labute approximate surface area is 125 Å². The largest absolute Gasteiger partial charge is 0.459 e. The van der Waals surface area contributed by atoms with E-state index in [0.717, 1.165) is 12.8 Å². The Balaban J connectivity index is 5.27. The molecule has 0 rings (SSSR count). The second-order valence-corrected chi connectivity index (χ2v) is 7.62. The van der Waals surface area contributed by atoms with E-state index in [2.05, 4.69) is 27.7 Å². The molecule has 0 atom stereocenters. The molecule has 3 nitrogen and oxygen atoms in total. The highest BCUT2D eigenvalue weighted by Crippen LogP contribution is 2.37. The first-order chi connectivity index (χ1) is 9.02. The molecule has 0 N–H and O–H groups in total. The van der Waals surface area contributed by atoms with E-state index in [-0.39, 0.29) is 5.97 Å². The molecule has 20 heavy (non-hydrogen) atoms. The van der Waals surface area contributed by atoms with Crippen molar-refractivity contribution in [1.82, 2.24) is 0 Å². The maximum absolute atomic E-state index is 12.8. The number of hydrogen-bond acceptors (Lipinski definition) is 3. The first kappa shape index (κ1) is 19.4. The Bertz CT molecular complexity index is 277. The summed E-state index contributed by atoms with van der Waals surface area (Å²) in [6, 6.07) is 0. The highest BCUT2D eigenvalue weighted by atomic mass is 16.6. The van der Waals surface area contributed by atoms with Gasteiger partial charge in [0, 0.05) is 6.61 Å². The number of rotatable bonds is 8. The van der Waals surface area contributed by atoms with Crippen molar-refractivity contribution >= 4 is 5.97 Å². The van der Waals surface area contributed by atoms with E-state index in [0.29, 0.717) is 25.0 Å². The third kappa shape index (κ3) is 7.28. The fourth-order valence-corrected chi connectivity index (χ4v) is 2.67.